The number of aromatic nitrogens is 2. The molecule has 1 aliphatic heterocycles. The summed E-state index contributed by atoms with van der Waals surface area (Å²) in [5.41, 5.74) is 1.67. The molecule has 0 N–H and O–H groups in total. The van der Waals surface area contributed by atoms with E-state index in [4.69, 9.17) is 4.74 Å². The molecule has 110 valence electrons. The van der Waals surface area contributed by atoms with Gasteiger partial charge in [-0.2, -0.15) is 0 Å². The Labute approximate surface area is 123 Å². The highest BCUT2D eigenvalue weighted by Crippen LogP contribution is 2.23. The lowest BCUT2D eigenvalue weighted by atomic mass is 10.1. The Kier molecular flexibility index (Phi) is 4.40. The Bertz CT molecular complexity index is 579. The van der Waals surface area contributed by atoms with Crippen LogP contribution in [0.2, 0.25) is 0 Å². The summed E-state index contributed by atoms with van der Waals surface area (Å²) >= 11 is 0. The standard InChI is InChI=1S/C16H18FN3O/c17-15-10-19-7-5-16(15)20-8-2-4-14(11-20)21-12-13-3-1-6-18-9-13/h1,3,5-7,9-10,14H,2,4,8,11-12H2. The lowest BCUT2D eigenvalue weighted by molar-refractivity contribution is 0.0313. The van der Waals surface area contributed by atoms with E-state index in [0.717, 1.165) is 24.9 Å². The molecule has 0 aromatic carbocycles. The molecule has 4 nitrogen and oxygen atoms in total. The van der Waals surface area contributed by atoms with Crippen molar-refractivity contribution >= 4 is 5.69 Å². The molecule has 1 unspecified atom stereocenters. The topological polar surface area (TPSA) is 38.2 Å². The monoisotopic (exact) mass is 287 g/mol. The Morgan fingerprint density at radius 1 is 1.24 bits per heavy atom. The largest absolute Gasteiger partial charge is 0.372 e. The average Bonchev–Trinajstić information content (AvgIpc) is 2.55. The number of nitrogens with zero attached hydrogens (tertiary/aromatic N) is 3. The van der Waals surface area contributed by atoms with Gasteiger partial charge in [0.1, 0.15) is 0 Å². The van der Waals surface area contributed by atoms with Crippen LogP contribution in [0.3, 0.4) is 0 Å². The maximum absolute atomic E-state index is 13.8. The van der Waals surface area contributed by atoms with Crippen molar-refractivity contribution in [3.8, 4) is 0 Å². The molecule has 1 fully saturated rings. The number of piperidine rings is 1. The van der Waals surface area contributed by atoms with Crippen molar-refractivity contribution < 1.29 is 9.13 Å². The fourth-order valence-electron chi connectivity index (χ4n) is 2.61. The van der Waals surface area contributed by atoms with Crippen LogP contribution in [0, 0.1) is 5.82 Å². The van der Waals surface area contributed by atoms with Gasteiger partial charge in [-0.15, -0.1) is 0 Å². The van der Waals surface area contributed by atoms with Gasteiger partial charge in [-0.3, -0.25) is 9.97 Å². The summed E-state index contributed by atoms with van der Waals surface area (Å²) in [6.07, 6.45) is 8.56. The van der Waals surface area contributed by atoms with Gasteiger partial charge in [-0.05, 0) is 30.5 Å². The molecule has 0 saturated carbocycles. The fourth-order valence-corrected chi connectivity index (χ4v) is 2.61. The van der Waals surface area contributed by atoms with E-state index in [1.807, 2.05) is 23.2 Å². The number of hydrogen-bond donors (Lipinski definition) is 0. The summed E-state index contributed by atoms with van der Waals surface area (Å²) in [5, 5.41) is 0. The van der Waals surface area contributed by atoms with E-state index in [0.29, 0.717) is 18.8 Å². The normalized spacial score (nSPS) is 18.7. The van der Waals surface area contributed by atoms with Crippen molar-refractivity contribution in [1.82, 2.24) is 9.97 Å². The van der Waals surface area contributed by atoms with E-state index < -0.39 is 0 Å². The minimum atomic E-state index is -0.273. The van der Waals surface area contributed by atoms with E-state index in [2.05, 4.69) is 9.97 Å². The summed E-state index contributed by atoms with van der Waals surface area (Å²) in [7, 11) is 0. The zero-order valence-electron chi connectivity index (χ0n) is 11.8. The number of halogens is 1. The van der Waals surface area contributed by atoms with Crippen molar-refractivity contribution in [3.63, 3.8) is 0 Å². The SMILES string of the molecule is Fc1cnccc1N1CCCC(OCc2cccnc2)C1. The van der Waals surface area contributed by atoms with Gasteiger partial charge in [-0.1, -0.05) is 6.07 Å². The Hall–Kier alpha value is -2.01. The third-order valence-corrected chi connectivity index (χ3v) is 3.68. The second-order valence-electron chi connectivity index (χ2n) is 5.21. The predicted octanol–water partition coefficient (Wildman–Crippen LogP) is 2.80. The fraction of sp³-hybridized carbons (Fsp3) is 0.375. The highest BCUT2D eigenvalue weighted by molar-refractivity contribution is 5.46. The van der Waals surface area contributed by atoms with Crippen LogP contribution in [0.4, 0.5) is 10.1 Å². The van der Waals surface area contributed by atoms with Gasteiger partial charge < -0.3 is 9.64 Å². The summed E-state index contributed by atoms with van der Waals surface area (Å²) < 4.78 is 19.7. The van der Waals surface area contributed by atoms with Crippen LogP contribution in [0.1, 0.15) is 18.4 Å². The van der Waals surface area contributed by atoms with Crippen molar-refractivity contribution in [1.29, 1.82) is 0 Å². The molecule has 5 heteroatoms. The van der Waals surface area contributed by atoms with Crippen LogP contribution in [0.25, 0.3) is 0 Å². The van der Waals surface area contributed by atoms with Gasteiger partial charge in [0, 0.05) is 31.7 Å². The van der Waals surface area contributed by atoms with Gasteiger partial charge in [0.2, 0.25) is 0 Å². The van der Waals surface area contributed by atoms with Gasteiger partial charge >= 0.3 is 0 Å². The summed E-state index contributed by atoms with van der Waals surface area (Å²) in [6, 6.07) is 5.62. The minimum absolute atomic E-state index is 0.117. The number of anilines is 1. The van der Waals surface area contributed by atoms with E-state index in [-0.39, 0.29) is 11.9 Å². The molecular formula is C16H18FN3O. The third-order valence-electron chi connectivity index (χ3n) is 3.68. The third kappa shape index (κ3) is 3.55. The quantitative estimate of drug-likeness (QED) is 0.866. The van der Waals surface area contributed by atoms with Gasteiger partial charge in [0.05, 0.1) is 24.6 Å². The van der Waals surface area contributed by atoms with Crippen molar-refractivity contribution in [2.75, 3.05) is 18.0 Å². The second-order valence-corrected chi connectivity index (χ2v) is 5.21. The summed E-state index contributed by atoms with van der Waals surface area (Å²) in [5.74, 6) is -0.273. The molecule has 0 bridgehead atoms. The van der Waals surface area contributed by atoms with E-state index in [1.54, 1.807) is 18.5 Å². The Balaban J connectivity index is 1.60. The first kappa shape index (κ1) is 13.9. The molecule has 0 amide bonds. The van der Waals surface area contributed by atoms with E-state index in [1.165, 1.54) is 6.20 Å². The van der Waals surface area contributed by atoms with Crippen LogP contribution in [-0.4, -0.2) is 29.2 Å². The molecule has 1 saturated heterocycles. The molecule has 2 aromatic heterocycles. The Morgan fingerprint density at radius 3 is 2.95 bits per heavy atom. The van der Waals surface area contributed by atoms with Crippen LogP contribution in [0.5, 0.6) is 0 Å². The lowest BCUT2D eigenvalue weighted by Crippen LogP contribution is -2.40. The smallest absolute Gasteiger partial charge is 0.164 e. The minimum Gasteiger partial charge on any atom is -0.372 e. The van der Waals surface area contributed by atoms with Gasteiger partial charge in [0.15, 0.2) is 5.82 Å². The predicted molar refractivity (Wildman–Crippen MR) is 78.5 cm³/mol. The molecule has 21 heavy (non-hydrogen) atoms. The zero-order valence-corrected chi connectivity index (χ0v) is 11.8. The molecule has 0 radical (unpaired) electrons. The molecule has 1 atom stereocenters. The molecule has 3 heterocycles. The first-order chi connectivity index (χ1) is 10.3. The van der Waals surface area contributed by atoms with Crippen LogP contribution >= 0.6 is 0 Å². The van der Waals surface area contributed by atoms with E-state index in [9.17, 15) is 4.39 Å². The molecule has 0 spiro atoms. The number of rotatable bonds is 4. The molecule has 3 rings (SSSR count). The molecular weight excluding hydrogens is 269 g/mol. The van der Waals surface area contributed by atoms with E-state index >= 15 is 0 Å². The maximum atomic E-state index is 13.8. The van der Waals surface area contributed by atoms with Crippen molar-refractivity contribution in [3.05, 3.63) is 54.4 Å². The number of pyridine rings is 2. The molecule has 0 aliphatic carbocycles. The number of ether oxygens (including phenoxy) is 1. The first-order valence-corrected chi connectivity index (χ1v) is 7.18. The van der Waals surface area contributed by atoms with Crippen LogP contribution in [0.15, 0.2) is 43.0 Å². The maximum Gasteiger partial charge on any atom is 0.164 e. The highest BCUT2D eigenvalue weighted by atomic mass is 19.1. The molecule has 2 aromatic rings. The highest BCUT2D eigenvalue weighted by Gasteiger charge is 2.22. The summed E-state index contributed by atoms with van der Waals surface area (Å²) in [4.78, 5) is 9.91. The second kappa shape index (κ2) is 6.63. The lowest BCUT2D eigenvalue weighted by Gasteiger charge is -2.34. The van der Waals surface area contributed by atoms with Crippen LogP contribution in [-0.2, 0) is 11.3 Å². The van der Waals surface area contributed by atoms with Crippen molar-refractivity contribution in [2.45, 2.75) is 25.6 Å². The Morgan fingerprint density at radius 2 is 2.14 bits per heavy atom. The first-order valence-electron chi connectivity index (χ1n) is 7.18. The van der Waals surface area contributed by atoms with Gasteiger partial charge in [0.25, 0.3) is 0 Å². The zero-order chi connectivity index (χ0) is 14.5. The van der Waals surface area contributed by atoms with Crippen LogP contribution < -0.4 is 4.90 Å². The van der Waals surface area contributed by atoms with Crippen molar-refractivity contribution in [2.24, 2.45) is 0 Å². The average molecular weight is 287 g/mol. The van der Waals surface area contributed by atoms with Gasteiger partial charge in [-0.25, -0.2) is 4.39 Å². The molecule has 1 aliphatic rings. The summed E-state index contributed by atoms with van der Waals surface area (Å²) in [6.45, 7) is 2.11. The number of hydrogen-bond acceptors (Lipinski definition) is 4.